The molecule has 0 rings (SSSR count). The first-order chi connectivity index (χ1) is 47.1. The van der Waals surface area contributed by atoms with E-state index in [1.807, 2.05) is 0 Å². The van der Waals surface area contributed by atoms with Crippen LogP contribution >= 0.6 is 0 Å². The van der Waals surface area contributed by atoms with E-state index in [4.69, 9.17) is 0 Å². The third-order valence-corrected chi connectivity index (χ3v) is 19.9. The maximum Gasteiger partial charge on any atom is 2.00 e. The van der Waals surface area contributed by atoms with E-state index in [2.05, 4.69) is 27.7 Å². The average molecular weight is 1480 g/mol. The molecule has 0 fully saturated rings. The molecule has 0 spiro atoms. The smallest absolute Gasteiger partial charge is 0.550 e. The molecule has 0 aromatic carbocycles. The molecule has 0 aliphatic carbocycles. The number of carboxylic acids is 4. The molecule has 0 aliphatic heterocycles. The first kappa shape index (κ1) is 108. The van der Waals surface area contributed by atoms with E-state index in [0.717, 1.165) is 51.4 Å². The minimum atomic E-state index is -0.901. The van der Waals surface area contributed by atoms with Crippen LogP contribution in [0.5, 0.6) is 0 Å². The van der Waals surface area contributed by atoms with Crippen molar-refractivity contribution in [1.29, 1.82) is 0 Å². The molecular weight excluding hydrogens is 1310 g/mol. The zero-order valence-electron chi connectivity index (χ0n) is 66.9. The Bertz CT molecular complexity index is 1230. The van der Waals surface area contributed by atoms with Crippen LogP contribution in [0.3, 0.4) is 0 Å². The molecule has 0 unspecified atom stereocenters. The number of carbonyl (C=O) groups is 4. The van der Waals surface area contributed by atoms with Crippen LogP contribution in [0.25, 0.3) is 0 Å². The molecule has 0 saturated carbocycles. The van der Waals surface area contributed by atoms with Gasteiger partial charge in [0.05, 0.1) is 0 Å². The summed E-state index contributed by atoms with van der Waals surface area (Å²) in [5.74, 6) is -3.60. The van der Waals surface area contributed by atoms with Gasteiger partial charge in [0, 0.05) is 23.9 Å². The van der Waals surface area contributed by atoms with Crippen LogP contribution in [-0.2, 0) is 55.7 Å². The zero-order valence-corrected chi connectivity index (χ0v) is 71.0. The fraction of sp³-hybridized carbons (Fsp3) is 0.955. The van der Waals surface area contributed by atoms with Crippen LogP contribution in [-0.4, -0.2) is 23.9 Å². The third kappa shape index (κ3) is 122. The normalized spacial score (nSPS) is 10.8. The van der Waals surface area contributed by atoms with Gasteiger partial charge in [0.25, 0.3) is 0 Å². The van der Waals surface area contributed by atoms with Gasteiger partial charge in [-0.15, -0.1) is 0 Å². The Labute approximate surface area is 637 Å². The Balaban J connectivity index is -0.000000286. The van der Waals surface area contributed by atoms with Crippen LogP contribution in [0.2, 0.25) is 0 Å². The Morgan fingerprint density at radius 2 is 0.204 bits per heavy atom. The predicted octanol–water partition coefficient (Wildman–Crippen LogP) is 26.2. The van der Waals surface area contributed by atoms with Crippen molar-refractivity contribution in [3.05, 3.63) is 0 Å². The number of hydrogen-bond donors (Lipinski definition) is 0. The molecule has 0 aliphatic rings. The van der Waals surface area contributed by atoms with Crippen LogP contribution in [0.1, 0.15) is 541 Å². The van der Waals surface area contributed by atoms with E-state index in [9.17, 15) is 39.6 Å². The van der Waals surface area contributed by atoms with Crippen molar-refractivity contribution in [3.63, 3.8) is 0 Å². The van der Waals surface area contributed by atoms with Gasteiger partial charge < -0.3 is 39.6 Å². The van der Waals surface area contributed by atoms with E-state index in [0.29, 0.717) is 0 Å². The molecule has 0 aromatic rings. The Hall–Kier alpha value is -0.977. The topological polar surface area (TPSA) is 161 Å². The summed E-state index contributed by atoms with van der Waals surface area (Å²) in [7, 11) is 0. The molecule has 0 atom stereocenters. The summed E-state index contributed by atoms with van der Waals surface area (Å²) in [6.07, 6.45) is 103. The molecule has 582 valence electrons. The molecule has 0 amide bonds. The number of unbranched alkanes of at least 4 members (excludes halogenated alkanes) is 72. The van der Waals surface area contributed by atoms with Crippen molar-refractivity contribution < 1.29 is 76.2 Å². The van der Waals surface area contributed by atoms with E-state index in [-0.39, 0.29) is 62.2 Å². The number of carbonyl (C=O) groups excluding carboxylic acids is 4. The largest absolute Gasteiger partial charge is 2.00 e. The number of rotatable bonds is 80. The van der Waals surface area contributed by atoms with Gasteiger partial charge in [0.15, 0.2) is 0 Å². The number of aliphatic carboxylic acids is 4. The monoisotopic (exact) mass is 1480 g/mol. The van der Waals surface area contributed by atoms with Crippen molar-refractivity contribution in [2.75, 3.05) is 0 Å². The zero-order chi connectivity index (χ0) is 70.9. The van der Waals surface area contributed by atoms with Gasteiger partial charge in [-0.05, 0) is 51.4 Å². The predicted molar refractivity (Wildman–Crippen MR) is 412 cm³/mol. The van der Waals surface area contributed by atoms with Crippen LogP contribution < -0.4 is 20.4 Å². The second kappa shape index (κ2) is 105. The summed E-state index contributed by atoms with van der Waals surface area (Å²) < 4.78 is 0. The van der Waals surface area contributed by atoms with E-state index in [1.165, 1.54) is 437 Å². The average Bonchev–Trinajstić information content (AvgIpc) is 3.58. The minimum Gasteiger partial charge on any atom is -0.550 e. The Kier molecular flexibility index (Phi) is 115. The van der Waals surface area contributed by atoms with Gasteiger partial charge in [0.2, 0.25) is 0 Å². The third-order valence-electron chi connectivity index (χ3n) is 19.9. The number of hydrogen-bond acceptors (Lipinski definition) is 8. The molecule has 0 radical (unpaired) electrons. The van der Waals surface area contributed by atoms with Gasteiger partial charge in [-0.1, -0.05) is 490 Å². The van der Waals surface area contributed by atoms with Crippen molar-refractivity contribution in [3.8, 4) is 0 Å². The van der Waals surface area contributed by atoms with Crippen molar-refractivity contribution in [2.24, 2.45) is 0 Å². The van der Waals surface area contributed by atoms with Gasteiger partial charge in [0.1, 0.15) is 0 Å². The Morgan fingerprint density at radius 3 is 0.265 bits per heavy atom. The fourth-order valence-corrected chi connectivity index (χ4v) is 13.4. The first-order valence-electron chi connectivity index (χ1n) is 43.9. The second-order valence-corrected chi connectivity index (χ2v) is 29.9. The summed E-state index contributed by atoms with van der Waals surface area (Å²) in [4.78, 5) is 41.1. The molecule has 8 nitrogen and oxygen atoms in total. The standard InChI is InChI=1S/4C22H44O2.Fe.Zn/c4*1-2-3-4-5-6-7-8-9-10-11-12-13-14-15-16-17-18-19-20-21-22(23)24;;/h4*2-21H2,1H3,(H,23,24);;/q;;;;2*+2/p-4. The van der Waals surface area contributed by atoms with Crippen LogP contribution in [0.15, 0.2) is 0 Å². The summed E-state index contributed by atoms with van der Waals surface area (Å²) in [6.45, 7) is 9.12. The maximum absolute atomic E-state index is 10.3. The quantitative estimate of drug-likeness (QED) is 0.0430. The molecule has 0 heterocycles. The van der Waals surface area contributed by atoms with Gasteiger partial charge in [-0.3, -0.25) is 0 Å². The second-order valence-electron chi connectivity index (χ2n) is 29.9. The molecule has 0 N–H and O–H groups in total. The summed E-state index contributed by atoms with van der Waals surface area (Å²) in [5.41, 5.74) is 0. The fourth-order valence-electron chi connectivity index (χ4n) is 13.4. The Morgan fingerprint density at radius 1 is 0.143 bits per heavy atom. The van der Waals surface area contributed by atoms with Crippen LogP contribution in [0, 0.1) is 0 Å². The molecular formula is C88H172FeO8Zn. The van der Waals surface area contributed by atoms with Crippen molar-refractivity contribution >= 4 is 23.9 Å². The number of carboxylic acid groups (broad SMARTS) is 4. The van der Waals surface area contributed by atoms with E-state index < -0.39 is 23.9 Å². The summed E-state index contributed by atoms with van der Waals surface area (Å²) in [6, 6.07) is 0. The SMILES string of the molecule is CCCCCCCCCCCCCCCCCCCCCC(=O)[O-].CCCCCCCCCCCCCCCCCCCCCC(=O)[O-].CCCCCCCCCCCCCCCCCCCCCC(=O)[O-].CCCCCCCCCCCCCCCCCCCCCC(=O)[O-].[Fe+2].[Zn+2]. The van der Waals surface area contributed by atoms with Gasteiger partial charge in [-0.2, -0.15) is 0 Å². The van der Waals surface area contributed by atoms with Crippen molar-refractivity contribution in [2.45, 2.75) is 541 Å². The van der Waals surface area contributed by atoms with Crippen molar-refractivity contribution in [1.82, 2.24) is 0 Å². The van der Waals surface area contributed by atoms with Gasteiger partial charge >= 0.3 is 36.5 Å². The first-order valence-corrected chi connectivity index (χ1v) is 43.9. The van der Waals surface area contributed by atoms with Crippen LogP contribution in [0.4, 0.5) is 0 Å². The van der Waals surface area contributed by atoms with E-state index in [1.54, 1.807) is 0 Å². The maximum atomic E-state index is 10.3. The summed E-state index contributed by atoms with van der Waals surface area (Å²) in [5, 5.41) is 41.1. The summed E-state index contributed by atoms with van der Waals surface area (Å²) >= 11 is 0. The molecule has 0 bridgehead atoms. The van der Waals surface area contributed by atoms with E-state index >= 15 is 0 Å². The molecule has 0 aromatic heterocycles. The molecule has 10 heteroatoms. The molecule has 0 saturated heterocycles. The van der Waals surface area contributed by atoms with Gasteiger partial charge in [-0.25, -0.2) is 0 Å². The minimum absolute atomic E-state index is 0. The molecule has 98 heavy (non-hydrogen) atoms.